The molecule has 1 saturated heterocycles. The van der Waals surface area contributed by atoms with Gasteiger partial charge < -0.3 is 9.64 Å². The van der Waals surface area contributed by atoms with Gasteiger partial charge >= 0.3 is 6.09 Å². The van der Waals surface area contributed by atoms with Gasteiger partial charge in [-0.3, -0.25) is 0 Å². The first-order valence-electron chi connectivity index (χ1n) is 8.19. The lowest BCUT2D eigenvalue weighted by atomic mass is 9.84. The van der Waals surface area contributed by atoms with Crippen LogP contribution in [0.5, 0.6) is 0 Å². The SMILES string of the molecule is CC(C)(C)OC(=O)N1CCC2(Cc3cc(C#N)c(C#N)cc3C2)C1. The Morgan fingerprint density at radius 1 is 1.17 bits per heavy atom. The van der Waals surface area contributed by atoms with Crippen LogP contribution < -0.4 is 0 Å². The lowest BCUT2D eigenvalue weighted by Crippen LogP contribution is -2.37. The fourth-order valence-electron chi connectivity index (χ4n) is 3.78. The van der Waals surface area contributed by atoms with Gasteiger partial charge in [0.15, 0.2) is 0 Å². The average molecular weight is 323 g/mol. The number of hydrogen-bond donors (Lipinski definition) is 0. The summed E-state index contributed by atoms with van der Waals surface area (Å²) < 4.78 is 5.48. The molecule has 0 aromatic heterocycles. The average Bonchev–Trinajstić information content (AvgIpc) is 3.06. The van der Waals surface area contributed by atoms with E-state index in [0.717, 1.165) is 30.4 Å². The van der Waals surface area contributed by atoms with Crippen molar-refractivity contribution < 1.29 is 9.53 Å². The summed E-state index contributed by atoms with van der Waals surface area (Å²) >= 11 is 0. The van der Waals surface area contributed by atoms with Gasteiger partial charge in [-0.25, -0.2) is 4.79 Å². The number of ether oxygens (including phenoxy) is 1. The van der Waals surface area contributed by atoms with E-state index in [1.165, 1.54) is 0 Å². The lowest BCUT2D eigenvalue weighted by molar-refractivity contribution is 0.0274. The number of nitriles is 2. The summed E-state index contributed by atoms with van der Waals surface area (Å²) in [5.74, 6) is 0. The van der Waals surface area contributed by atoms with Crippen LogP contribution >= 0.6 is 0 Å². The highest BCUT2D eigenvalue weighted by atomic mass is 16.6. The summed E-state index contributed by atoms with van der Waals surface area (Å²) in [6, 6.07) is 7.89. The molecule has 1 amide bonds. The van der Waals surface area contributed by atoms with Gasteiger partial charge in [0.25, 0.3) is 0 Å². The van der Waals surface area contributed by atoms with Gasteiger partial charge in [0.05, 0.1) is 11.1 Å². The minimum absolute atomic E-state index is 0.0139. The highest BCUT2D eigenvalue weighted by Crippen LogP contribution is 2.44. The predicted octanol–water partition coefficient (Wildman–Crippen LogP) is 3.16. The van der Waals surface area contributed by atoms with Gasteiger partial charge in [-0.05, 0) is 68.7 Å². The van der Waals surface area contributed by atoms with Crippen LogP contribution in [0.4, 0.5) is 4.79 Å². The van der Waals surface area contributed by atoms with Gasteiger partial charge in [-0.15, -0.1) is 0 Å². The van der Waals surface area contributed by atoms with E-state index in [1.54, 1.807) is 4.90 Å². The van der Waals surface area contributed by atoms with Crippen LogP contribution in [-0.4, -0.2) is 29.7 Å². The van der Waals surface area contributed by atoms with Gasteiger partial charge in [0.2, 0.25) is 0 Å². The molecule has 5 heteroatoms. The number of carbonyl (C=O) groups is 1. The third kappa shape index (κ3) is 2.95. The molecule has 24 heavy (non-hydrogen) atoms. The van der Waals surface area contributed by atoms with E-state index in [-0.39, 0.29) is 11.5 Å². The minimum Gasteiger partial charge on any atom is -0.444 e. The first kappa shape index (κ1) is 16.3. The Labute approximate surface area is 142 Å². The molecular formula is C19H21N3O2. The van der Waals surface area contributed by atoms with Gasteiger partial charge in [0.1, 0.15) is 17.7 Å². The van der Waals surface area contributed by atoms with Crippen molar-refractivity contribution in [2.75, 3.05) is 13.1 Å². The second-order valence-electron chi connectivity index (χ2n) is 7.90. The third-order valence-electron chi connectivity index (χ3n) is 4.80. The molecule has 1 aromatic carbocycles. The van der Waals surface area contributed by atoms with Crippen LogP contribution in [0.1, 0.15) is 49.4 Å². The molecule has 3 rings (SSSR count). The molecule has 0 saturated carbocycles. The number of likely N-dealkylation sites (tertiary alicyclic amines) is 1. The van der Waals surface area contributed by atoms with Crippen LogP contribution in [-0.2, 0) is 17.6 Å². The molecule has 0 radical (unpaired) electrons. The molecule has 1 heterocycles. The quantitative estimate of drug-likeness (QED) is 0.735. The van der Waals surface area contributed by atoms with Gasteiger partial charge in [0, 0.05) is 13.1 Å². The molecule has 1 fully saturated rings. The standard InChI is InChI=1S/C19H21N3O2/c1-18(2,3)24-17(23)22-5-4-19(12-22)8-13-6-15(10-20)16(11-21)7-14(13)9-19/h6-7H,4-5,8-9,12H2,1-3H3. The Hall–Kier alpha value is -2.53. The Morgan fingerprint density at radius 3 is 2.17 bits per heavy atom. The summed E-state index contributed by atoms with van der Waals surface area (Å²) in [6.07, 6.45) is 2.36. The summed E-state index contributed by atoms with van der Waals surface area (Å²) in [5.41, 5.74) is 2.67. The molecule has 2 aliphatic rings. The largest absolute Gasteiger partial charge is 0.444 e. The summed E-state index contributed by atoms with van der Waals surface area (Å²) in [7, 11) is 0. The third-order valence-corrected chi connectivity index (χ3v) is 4.80. The molecule has 5 nitrogen and oxygen atoms in total. The zero-order valence-electron chi connectivity index (χ0n) is 14.3. The van der Waals surface area contributed by atoms with Crippen molar-refractivity contribution in [1.29, 1.82) is 10.5 Å². The summed E-state index contributed by atoms with van der Waals surface area (Å²) in [4.78, 5) is 14.1. The second kappa shape index (κ2) is 5.53. The van der Waals surface area contributed by atoms with E-state index < -0.39 is 5.60 Å². The molecule has 1 aliphatic heterocycles. The van der Waals surface area contributed by atoms with E-state index in [0.29, 0.717) is 24.2 Å². The molecule has 0 N–H and O–H groups in total. The molecule has 1 spiro atoms. The van der Waals surface area contributed by atoms with Crippen molar-refractivity contribution in [3.8, 4) is 12.1 Å². The zero-order chi connectivity index (χ0) is 17.5. The highest BCUT2D eigenvalue weighted by molar-refractivity contribution is 5.68. The number of amides is 1. The first-order chi connectivity index (χ1) is 11.3. The highest BCUT2D eigenvalue weighted by Gasteiger charge is 2.45. The number of rotatable bonds is 0. The lowest BCUT2D eigenvalue weighted by Gasteiger charge is -2.26. The zero-order valence-corrected chi connectivity index (χ0v) is 14.3. The van der Waals surface area contributed by atoms with Gasteiger partial charge in [-0.2, -0.15) is 10.5 Å². The second-order valence-corrected chi connectivity index (χ2v) is 7.90. The number of benzene rings is 1. The number of fused-ring (bicyclic) bond motifs is 1. The number of hydrogen-bond acceptors (Lipinski definition) is 4. The maximum atomic E-state index is 12.3. The molecule has 124 valence electrons. The monoisotopic (exact) mass is 323 g/mol. The minimum atomic E-state index is -0.491. The van der Waals surface area contributed by atoms with Gasteiger partial charge in [-0.1, -0.05) is 0 Å². The van der Waals surface area contributed by atoms with Crippen LogP contribution in [0.2, 0.25) is 0 Å². The fourth-order valence-corrected chi connectivity index (χ4v) is 3.78. The summed E-state index contributed by atoms with van der Waals surface area (Å²) in [6.45, 7) is 6.97. The van der Waals surface area contributed by atoms with E-state index in [1.807, 2.05) is 32.9 Å². The van der Waals surface area contributed by atoms with E-state index >= 15 is 0 Å². The smallest absolute Gasteiger partial charge is 0.410 e. The number of carbonyl (C=O) groups excluding carboxylic acids is 1. The van der Waals surface area contributed by atoms with E-state index in [9.17, 15) is 15.3 Å². The Balaban J connectivity index is 1.77. The fraction of sp³-hybridized carbons (Fsp3) is 0.526. The predicted molar refractivity (Wildman–Crippen MR) is 88.1 cm³/mol. The molecular weight excluding hydrogens is 302 g/mol. The van der Waals surface area contributed by atoms with Crippen molar-refractivity contribution in [3.05, 3.63) is 34.4 Å². The normalized spacial score (nSPS) is 18.1. The van der Waals surface area contributed by atoms with Crippen molar-refractivity contribution in [3.63, 3.8) is 0 Å². The summed E-state index contributed by atoms with van der Waals surface area (Å²) in [5, 5.41) is 18.4. The molecule has 0 atom stereocenters. The van der Waals surface area contributed by atoms with Crippen molar-refractivity contribution >= 4 is 6.09 Å². The van der Waals surface area contributed by atoms with Crippen LogP contribution in [0.15, 0.2) is 12.1 Å². The maximum absolute atomic E-state index is 12.3. The Kier molecular flexibility index (Phi) is 3.76. The maximum Gasteiger partial charge on any atom is 0.410 e. The van der Waals surface area contributed by atoms with Crippen molar-refractivity contribution in [2.45, 2.75) is 45.6 Å². The molecule has 1 aromatic rings. The van der Waals surface area contributed by atoms with E-state index in [4.69, 9.17) is 4.74 Å². The Morgan fingerprint density at radius 2 is 1.71 bits per heavy atom. The van der Waals surface area contributed by atoms with Crippen molar-refractivity contribution in [2.24, 2.45) is 5.41 Å². The van der Waals surface area contributed by atoms with Crippen LogP contribution in [0, 0.1) is 28.1 Å². The Bertz CT molecular complexity index is 735. The van der Waals surface area contributed by atoms with Crippen LogP contribution in [0.25, 0.3) is 0 Å². The molecule has 0 unspecified atom stereocenters. The van der Waals surface area contributed by atoms with Crippen LogP contribution in [0.3, 0.4) is 0 Å². The first-order valence-corrected chi connectivity index (χ1v) is 8.19. The topological polar surface area (TPSA) is 77.1 Å². The molecule has 1 aliphatic carbocycles. The number of nitrogens with zero attached hydrogens (tertiary/aromatic N) is 3. The molecule has 0 bridgehead atoms. The van der Waals surface area contributed by atoms with E-state index in [2.05, 4.69) is 12.1 Å². The van der Waals surface area contributed by atoms with Crippen molar-refractivity contribution in [1.82, 2.24) is 4.90 Å².